The maximum absolute atomic E-state index is 13.3. The number of amides is 1. The molecular formula is C25H29N3O7S. The first kappa shape index (κ1) is 25.8. The first-order valence-electron chi connectivity index (χ1n) is 11.7. The molecule has 0 atom stereocenters. The highest BCUT2D eigenvalue weighted by atomic mass is 32.2. The molecule has 1 fully saturated rings. The van der Waals surface area contributed by atoms with Crippen molar-refractivity contribution in [3.05, 3.63) is 59.5 Å². The summed E-state index contributed by atoms with van der Waals surface area (Å²) in [7, 11) is -4.07. The van der Waals surface area contributed by atoms with Gasteiger partial charge in [0.1, 0.15) is 5.75 Å². The summed E-state index contributed by atoms with van der Waals surface area (Å²) in [5, 5.41) is 17.4. The Bertz CT molecular complexity index is 1310. The number of aromatic nitrogens is 2. The molecule has 11 heteroatoms. The second kappa shape index (κ2) is 10.8. The first-order chi connectivity index (χ1) is 17.3. The number of ether oxygens (including phenoxy) is 2. The number of hydrogen-bond acceptors (Lipinski definition) is 9. The van der Waals surface area contributed by atoms with Gasteiger partial charge < -0.3 is 13.9 Å². The molecule has 2 N–H and O–H groups in total. The van der Waals surface area contributed by atoms with Gasteiger partial charge in [0.15, 0.2) is 14.6 Å². The molecule has 1 saturated heterocycles. The molecule has 1 aliphatic rings. The quantitative estimate of drug-likeness (QED) is 0.250. The molecule has 0 saturated carbocycles. The van der Waals surface area contributed by atoms with Gasteiger partial charge in [-0.15, -0.1) is 10.2 Å². The van der Waals surface area contributed by atoms with Gasteiger partial charge in [-0.3, -0.25) is 10.0 Å². The number of carbonyl (C=O) groups is 1. The van der Waals surface area contributed by atoms with Crippen molar-refractivity contribution >= 4 is 15.7 Å². The average Bonchev–Trinajstić information content (AvgIpc) is 3.35. The van der Waals surface area contributed by atoms with E-state index in [-0.39, 0.29) is 31.0 Å². The Labute approximate surface area is 209 Å². The number of carbonyl (C=O) groups excluding carboxylic acids is 1. The van der Waals surface area contributed by atoms with Gasteiger partial charge >= 0.3 is 0 Å². The number of rotatable bonds is 9. The van der Waals surface area contributed by atoms with E-state index in [1.807, 2.05) is 26.0 Å². The van der Waals surface area contributed by atoms with Crippen LogP contribution in [0.2, 0.25) is 0 Å². The van der Waals surface area contributed by atoms with E-state index < -0.39 is 20.5 Å². The fourth-order valence-electron chi connectivity index (χ4n) is 4.29. The molecule has 1 aromatic heterocycles. The van der Waals surface area contributed by atoms with Gasteiger partial charge in [-0.1, -0.05) is 17.7 Å². The normalized spacial score (nSPS) is 15.4. The van der Waals surface area contributed by atoms with Crippen LogP contribution in [0.15, 0.2) is 51.8 Å². The predicted molar refractivity (Wildman–Crippen MR) is 129 cm³/mol. The summed E-state index contributed by atoms with van der Waals surface area (Å²) in [6, 6.07) is 11.9. The molecule has 0 radical (unpaired) electrons. The zero-order valence-corrected chi connectivity index (χ0v) is 21.0. The molecule has 0 spiro atoms. The number of hydrogen-bond donors (Lipinski definition) is 2. The fourth-order valence-corrected chi connectivity index (χ4v) is 6.23. The van der Waals surface area contributed by atoms with Gasteiger partial charge in [0.2, 0.25) is 11.8 Å². The summed E-state index contributed by atoms with van der Waals surface area (Å²) in [6.45, 7) is 4.61. The number of aryl methyl sites for hydroxylation is 3. The van der Waals surface area contributed by atoms with E-state index >= 15 is 0 Å². The third-order valence-corrected chi connectivity index (χ3v) is 8.86. The van der Waals surface area contributed by atoms with Crippen LogP contribution >= 0.6 is 0 Å². The predicted octanol–water partition coefficient (Wildman–Crippen LogP) is 3.19. The lowest BCUT2D eigenvalue weighted by Crippen LogP contribution is -2.54. The van der Waals surface area contributed by atoms with E-state index in [4.69, 9.17) is 19.1 Å². The second-order valence-electron chi connectivity index (χ2n) is 8.79. The largest absolute Gasteiger partial charge is 0.494 e. The maximum Gasteiger partial charge on any atom is 0.265 e. The number of benzene rings is 2. The highest BCUT2D eigenvalue weighted by molar-refractivity contribution is 7.93. The number of nitrogens with zero attached hydrogens (tertiary/aromatic N) is 2. The minimum atomic E-state index is -4.07. The van der Waals surface area contributed by atoms with Crippen LogP contribution in [0.1, 0.15) is 36.3 Å². The van der Waals surface area contributed by atoms with Crippen molar-refractivity contribution in [1.82, 2.24) is 15.7 Å². The summed E-state index contributed by atoms with van der Waals surface area (Å²) < 4.78 is 41.6. The monoisotopic (exact) mass is 515 g/mol. The SMILES string of the molecule is Cc1ccc(-c2nnc(CCCOc3ccc(S(=O)(=O)C4(C(=O)NO)CCOCC4)cc3)o2)c(C)c1. The lowest BCUT2D eigenvalue weighted by atomic mass is 9.98. The van der Waals surface area contributed by atoms with Crippen molar-refractivity contribution in [3.63, 3.8) is 0 Å². The van der Waals surface area contributed by atoms with Gasteiger partial charge in [-0.05, 0) is 69.0 Å². The average molecular weight is 516 g/mol. The topological polar surface area (TPSA) is 141 Å². The second-order valence-corrected chi connectivity index (χ2v) is 11.1. The van der Waals surface area contributed by atoms with Crippen LogP contribution in [0.5, 0.6) is 5.75 Å². The van der Waals surface area contributed by atoms with Gasteiger partial charge in [0, 0.05) is 25.2 Å². The Hall–Kier alpha value is -3.28. The Balaban J connectivity index is 1.34. The number of hydroxylamine groups is 1. The molecule has 3 aromatic rings. The van der Waals surface area contributed by atoms with Crippen molar-refractivity contribution in [1.29, 1.82) is 0 Å². The van der Waals surface area contributed by atoms with Crippen molar-refractivity contribution < 1.29 is 32.3 Å². The van der Waals surface area contributed by atoms with E-state index in [1.165, 1.54) is 17.6 Å². The Morgan fingerprint density at radius 3 is 2.50 bits per heavy atom. The molecule has 0 aliphatic carbocycles. The summed E-state index contributed by atoms with van der Waals surface area (Å²) in [5.41, 5.74) is 4.65. The smallest absolute Gasteiger partial charge is 0.265 e. The van der Waals surface area contributed by atoms with Crippen molar-refractivity contribution in [2.75, 3.05) is 19.8 Å². The van der Waals surface area contributed by atoms with Gasteiger partial charge in [-0.2, -0.15) is 0 Å². The van der Waals surface area contributed by atoms with Gasteiger partial charge in [0.25, 0.3) is 5.91 Å². The molecule has 36 heavy (non-hydrogen) atoms. The van der Waals surface area contributed by atoms with Crippen LogP contribution < -0.4 is 10.2 Å². The molecule has 2 aromatic carbocycles. The van der Waals surface area contributed by atoms with E-state index in [9.17, 15) is 13.2 Å². The summed E-state index contributed by atoms with van der Waals surface area (Å²) in [4.78, 5) is 12.3. The van der Waals surface area contributed by atoms with Crippen LogP contribution in [-0.4, -0.2) is 54.3 Å². The molecule has 1 aliphatic heterocycles. The van der Waals surface area contributed by atoms with Crippen molar-refractivity contribution in [2.24, 2.45) is 0 Å². The lowest BCUT2D eigenvalue weighted by molar-refractivity contribution is -0.134. The number of sulfone groups is 1. The van der Waals surface area contributed by atoms with Crippen LogP contribution in [0.25, 0.3) is 11.5 Å². The maximum atomic E-state index is 13.3. The number of nitrogens with one attached hydrogen (secondary N) is 1. The molecule has 192 valence electrons. The summed E-state index contributed by atoms with van der Waals surface area (Å²) >= 11 is 0. The highest BCUT2D eigenvalue weighted by Gasteiger charge is 2.52. The molecule has 10 nitrogen and oxygen atoms in total. The molecule has 1 amide bonds. The van der Waals surface area contributed by atoms with Gasteiger partial charge in [0.05, 0.1) is 11.5 Å². The van der Waals surface area contributed by atoms with Crippen LogP contribution in [0.4, 0.5) is 0 Å². The van der Waals surface area contributed by atoms with E-state index in [0.717, 1.165) is 16.7 Å². The van der Waals surface area contributed by atoms with E-state index in [0.29, 0.717) is 37.0 Å². The van der Waals surface area contributed by atoms with Gasteiger partial charge in [-0.25, -0.2) is 13.9 Å². The minimum absolute atomic E-state index is 0.0230. The minimum Gasteiger partial charge on any atom is -0.494 e. The van der Waals surface area contributed by atoms with Crippen molar-refractivity contribution in [2.45, 2.75) is 49.2 Å². The zero-order valence-electron chi connectivity index (χ0n) is 20.2. The lowest BCUT2D eigenvalue weighted by Gasteiger charge is -2.34. The van der Waals surface area contributed by atoms with Crippen LogP contribution in [0.3, 0.4) is 0 Å². The van der Waals surface area contributed by atoms with E-state index in [2.05, 4.69) is 16.3 Å². The third-order valence-electron chi connectivity index (χ3n) is 6.35. The van der Waals surface area contributed by atoms with Crippen molar-refractivity contribution in [3.8, 4) is 17.2 Å². The zero-order chi connectivity index (χ0) is 25.8. The fraction of sp³-hybridized carbons (Fsp3) is 0.400. The molecule has 0 unspecified atom stereocenters. The molecule has 2 heterocycles. The first-order valence-corrected chi connectivity index (χ1v) is 13.1. The van der Waals surface area contributed by atoms with Crippen LogP contribution in [0, 0.1) is 13.8 Å². The van der Waals surface area contributed by atoms with E-state index in [1.54, 1.807) is 12.1 Å². The Morgan fingerprint density at radius 2 is 1.83 bits per heavy atom. The standard InChI is InChI=1S/C25H29N3O7S/c1-17-5-10-21(18(2)16-17)23-27-26-22(35-23)4-3-13-34-19-6-8-20(9-7-19)36(31,32)25(24(29)28-30)11-14-33-15-12-25/h5-10,16,30H,3-4,11-15H2,1-2H3,(H,28,29). The van der Waals surface area contributed by atoms with Crippen LogP contribution in [-0.2, 0) is 25.8 Å². The molecule has 0 bridgehead atoms. The molecular weight excluding hydrogens is 486 g/mol. The Morgan fingerprint density at radius 1 is 1.11 bits per heavy atom. The third kappa shape index (κ3) is 5.13. The Kier molecular flexibility index (Phi) is 7.72. The molecule has 4 rings (SSSR count). The summed E-state index contributed by atoms with van der Waals surface area (Å²) in [5.74, 6) is 0.535. The summed E-state index contributed by atoms with van der Waals surface area (Å²) in [6.07, 6.45) is 1.07. The highest BCUT2D eigenvalue weighted by Crippen LogP contribution is 2.35.